The zero-order valence-electron chi connectivity index (χ0n) is 19.3. The van der Waals surface area contributed by atoms with E-state index in [2.05, 4.69) is 20.3 Å². The number of fused-ring (bicyclic) bond motifs is 1. The van der Waals surface area contributed by atoms with Crippen LogP contribution in [0.3, 0.4) is 0 Å². The second kappa shape index (κ2) is 10.5. The molecule has 0 saturated carbocycles. The van der Waals surface area contributed by atoms with Gasteiger partial charge in [0.05, 0.1) is 44.2 Å². The molecule has 0 atom stereocenters. The normalized spacial score (nSPS) is 10.5. The second-order valence-electron chi connectivity index (χ2n) is 7.20. The van der Waals surface area contributed by atoms with Gasteiger partial charge in [-0.05, 0) is 36.4 Å². The molecule has 0 aliphatic rings. The molecule has 2 aromatic heterocycles. The van der Waals surface area contributed by atoms with Crippen LogP contribution in [0.4, 0.5) is 5.95 Å². The van der Waals surface area contributed by atoms with Crippen molar-refractivity contribution < 1.29 is 28.5 Å². The van der Waals surface area contributed by atoms with Crippen LogP contribution in [-0.4, -0.2) is 54.8 Å². The fourth-order valence-corrected chi connectivity index (χ4v) is 3.29. The van der Waals surface area contributed by atoms with E-state index in [0.717, 1.165) is 5.56 Å². The third kappa shape index (κ3) is 5.44. The van der Waals surface area contributed by atoms with Crippen molar-refractivity contribution in [3.63, 3.8) is 0 Å². The number of rotatable bonds is 8. The van der Waals surface area contributed by atoms with Crippen molar-refractivity contribution in [3.05, 3.63) is 66.2 Å². The number of hydrogen-bond acceptors (Lipinski definition) is 9. The Labute approximate surface area is 200 Å². The minimum Gasteiger partial charge on any atom is -0.497 e. The first-order valence-corrected chi connectivity index (χ1v) is 10.5. The molecule has 35 heavy (non-hydrogen) atoms. The number of pyridine rings is 1. The summed E-state index contributed by atoms with van der Waals surface area (Å²) in [5.41, 5.74) is 2.29. The SMILES string of the molecule is COc1ccc(-c2cc(C(=O)OCC(=O)Nc3nc(OC)cc(OC)n3)c3ccccc3n2)cc1. The Bertz CT molecular complexity index is 1350. The summed E-state index contributed by atoms with van der Waals surface area (Å²) in [6, 6.07) is 17.6. The predicted molar refractivity (Wildman–Crippen MR) is 128 cm³/mol. The van der Waals surface area contributed by atoms with Crippen molar-refractivity contribution in [2.24, 2.45) is 0 Å². The van der Waals surface area contributed by atoms with E-state index >= 15 is 0 Å². The molecular weight excluding hydrogens is 452 g/mol. The zero-order chi connectivity index (χ0) is 24.8. The predicted octanol–water partition coefficient (Wildman–Crippen LogP) is 3.51. The number of aromatic nitrogens is 3. The number of ether oxygens (including phenoxy) is 4. The molecule has 4 aromatic rings. The van der Waals surface area contributed by atoms with Gasteiger partial charge in [0.25, 0.3) is 5.91 Å². The lowest BCUT2D eigenvalue weighted by molar-refractivity contribution is -0.119. The van der Waals surface area contributed by atoms with Crippen molar-refractivity contribution in [3.8, 4) is 28.8 Å². The first-order chi connectivity index (χ1) is 17.0. The molecule has 0 unspecified atom stereocenters. The highest BCUT2D eigenvalue weighted by Crippen LogP contribution is 2.27. The maximum Gasteiger partial charge on any atom is 0.339 e. The molecule has 0 bridgehead atoms. The van der Waals surface area contributed by atoms with E-state index in [-0.39, 0.29) is 23.3 Å². The summed E-state index contributed by atoms with van der Waals surface area (Å²) in [6.07, 6.45) is 0. The zero-order valence-corrected chi connectivity index (χ0v) is 19.3. The van der Waals surface area contributed by atoms with Gasteiger partial charge >= 0.3 is 5.97 Å². The van der Waals surface area contributed by atoms with Crippen LogP contribution in [0.1, 0.15) is 10.4 Å². The van der Waals surface area contributed by atoms with Gasteiger partial charge in [0, 0.05) is 10.9 Å². The fourth-order valence-electron chi connectivity index (χ4n) is 3.29. The highest BCUT2D eigenvalue weighted by Gasteiger charge is 2.17. The Morgan fingerprint density at radius 1 is 0.829 bits per heavy atom. The topological polar surface area (TPSA) is 122 Å². The minimum absolute atomic E-state index is 0.0431. The third-order valence-corrected chi connectivity index (χ3v) is 5.00. The summed E-state index contributed by atoms with van der Waals surface area (Å²) in [5.74, 6) is -0.215. The van der Waals surface area contributed by atoms with E-state index < -0.39 is 18.5 Å². The third-order valence-electron chi connectivity index (χ3n) is 5.00. The van der Waals surface area contributed by atoms with Crippen molar-refractivity contribution in [1.29, 1.82) is 0 Å². The van der Waals surface area contributed by atoms with Gasteiger partial charge in [-0.2, -0.15) is 9.97 Å². The van der Waals surface area contributed by atoms with Crippen LogP contribution < -0.4 is 19.5 Å². The molecule has 4 rings (SSSR count). The van der Waals surface area contributed by atoms with Crippen molar-refractivity contribution >= 4 is 28.7 Å². The van der Waals surface area contributed by atoms with Crippen molar-refractivity contribution in [2.75, 3.05) is 33.3 Å². The second-order valence-corrected chi connectivity index (χ2v) is 7.20. The number of benzene rings is 2. The summed E-state index contributed by atoms with van der Waals surface area (Å²) in [7, 11) is 4.44. The van der Waals surface area contributed by atoms with Gasteiger partial charge in [-0.15, -0.1) is 0 Å². The van der Waals surface area contributed by atoms with E-state index in [1.54, 1.807) is 31.4 Å². The number of esters is 1. The van der Waals surface area contributed by atoms with Gasteiger partial charge in [0.15, 0.2) is 6.61 Å². The average Bonchev–Trinajstić information content (AvgIpc) is 2.90. The van der Waals surface area contributed by atoms with Gasteiger partial charge in [0.1, 0.15) is 5.75 Å². The van der Waals surface area contributed by atoms with Crippen LogP contribution in [0.25, 0.3) is 22.2 Å². The summed E-state index contributed by atoms with van der Waals surface area (Å²) in [5, 5.41) is 3.07. The van der Waals surface area contributed by atoms with E-state index in [1.165, 1.54) is 20.3 Å². The highest BCUT2D eigenvalue weighted by atomic mass is 16.5. The Kier molecular flexibility index (Phi) is 7.01. The number of hydrogen-bond donors (Lipinski definition) is 1. The van der Waals surface area contributed by atoms with Crippen LogP contribution in [-0.2, 0) is 9.53 Å². The summed E-state index contributed by atoms with van der Waals surface area (Å²) < 4.78 is 20.6. The van der Waals surface area contributed by atoms with E-state index in [4.69, 9.17) is 18.9 Å². The lowest BCUT2D eigenvalue weighted by Crippen LogP contribution is -2.22. The lowest BCUT2D eigenvalue weighted by atomic mass is 10.0. The van der Waals surface area contributed by atoms with Crippen LogP contribution >= 0.6 is 0 Å². The number of nitrogens with one attached hydrogen (secondary N) is 1. The molecule has 10 heteroatoms. The molecule has 178 valence electrons. The Morgan fingerprint density at radius 3 is 2.17 bits per heavy atom. The smallest absolute Gasteiger partial charge is 0.339 e. The molecule has 0 aliphatic heterocycles. The molecule has 2 aromatic carbocycles. The number of methoxy groups -OCH3 is 3. The molecule has 0 saturated heterocycles. The van der Waals surface area contributed by atoms with Gasteiger partial charge < -0.3 is 18.9 Å². The molecule has 0 radical (unpaired) electrons. The largest absolute Gasteiger partial charge is 0.497 e. The number of para-hydroxylation sites is 1. The standard InChI is InChI=1S/C25H22N4O6/c1-32-16-10-8-15(9-11-16)20-12-18(17-6-4-5-7-19(17)26-20)24(31)35-14-21(30)27-25-28-22(33-2)13-23(29-25)34-3/h4-13H,14H2,1-3H3,(H,27,28,29,30). The summed E-state index contributed by atoms with van der Waals surface area (Å²) in [4.78, 5) is 38.1. The first-order valence-electron chi connectivity index (χ1n) is 10.5. The van der Waals surface area contributed by atoms with Gasteiger partial charge in [-0.3, -0.25) is 10.1 Å². The van der Waals surface area contributed by atoms with Crippen molar-refractivity contribution in [2.45, 2.75) is 0 Å². The highest BCUT2D eigenvalue weighted by molar-refractivity contribution is 6.05. The van der Waals surface area contributed by atoms with Crippen LogP contribution in [0, 0.1) is 0 Å². The van der Waals surface area contributed by atoms with Gasteiger partial charge in [0.2, 0.25) is 17.7 Å². The molecule has 10 nitrogen and oxygen atoms in total. The van der Waals surface area contributed by atoms with Crippen LogP contribution in [0.5, 0.6) is 17.5 Å². The number of amides is 1. The molecule has 0 spiro atoms. The maximum absolute atomic E-state index is 13.0. The van der Waals surface area contributed by atoms with Crippen molar-refractivity contribution in [1.82, 2.24) is 15.0 Å². The van der Waals surface area contributed by atoms with E-state index in [9.17, 15) is 9.59 Å². The minimum atomic E-state index is -0.669. The average molecular weight is 474 g/mol. The molecule has 1 amide bonds. The van der Waals surface area contributed by atoms with Crippen LogP contribution in [0.15, 0.2) is 60.7 Å². The van der Waals surface area contributed by atoms with Gasteiger partial charge in [-0.25, -0.2) is 9.78 Å². The fraction of sp³-hybridized carbons (Fsp3) is 0.160. The quantitative estimate of drug-likeness (QED) is 0.382. The molecular formula is C25H22N4O6. The number of anilines is 1. The lowest BCUT2D eigenvalue weighted by Gasteiger charge is -2.11. The molecule has 0 aliphatic carbocycles. The first kappa shape index (κ1) is 23.4. The maximum atomic E-state index is 13.0. The molecule has 0 fully saturated rings. The Morgan fingerprint density at radius 2 is 1.51 bits per heavy atom. The number of nitrogens with zero attached hydrogens (tertiary/aromatic N) is 3. The number of carbonyl (C=O) groups excluding carboxylic acids is 2. The molecule has 2 heterocycles. The summed E-state index contributed by atoms with van der Waals surface area (Å²) in [6.45, 7) is -0.545. The number of carbonyl (C=O) groups is 2. The van der Waals surface area contributed by atoms with E-state index in [1.807, 2.05) is 30.3 Å². The summed E-state index contributed by atoms with van der Waals surface area (Å²) >= 11 is 0. The molecule has 1 N–H and O–H groups in total. The monoisotopic (exact) mass is 474 g/mol. The Hall–Kier alpha value is -4.73. The van der Waals surface area contributed by atoms with Crippen LogP contribution in [0.2, 0.25) is 0 Å². The van der Waals surface area contributed by atoms with E-state index in [0.29, 0.717) is 22.3 Å². The van der Waals surface area contributed by atoms with Gasteiger partial charge in [-0.1, -0.05) is 18.2 Å². The Balaban J connectivity index is 1.54.